The summed E-state index contributed by atoms with van der Waals surface area (Å²) < 4.78 is 4.91. The molecule has 4 nitrogen and oxygen atoms in total. The van der Waals surface area contributed by atoms with Crippen LogP contribution in [0.15, 0.2) is 425 Å². The SMILES string of the molecule is c1ccc(-c2cccc3cccc(-c4ccccc4N(c4ccc5ccccc5c4)c4ccccc4-c4ccc5c(c4)c4ccccc4n5-c4cccc(-c5ccc6cc(N(c7ccccc7-c7cccc8cccc(-c9ccccc9)c78)c7cccc8c9ccccc9n(-c9ccccc9)c78)ccc6c5)c4)c23)cc1. The highest BCUT2D eigenvalue weighted by Gasteiger charge is 2.27. The van der Waals surface area contributed by atoms with Gasteiger partial charge >= 0.3 is 0 Å². The van der Waals surface area contributed by atoms with E-state index in [9.17, 15) is 0 Å². The number of aromatic nitrogens is 2. The van der Waals surface area contributed by atoms with Crippen molar-refractivity contribution < 1.29 is 0 Å². The van der Waals surface area contributed by atoms with Gasteiger partial charge in [0, 0.05) is 61.0 Å². The predicted molar refractivity (Wildman–Crippen MR) is 467 cm³/mol. The summed E-state index contributed by atoms with van der Waals surface area (Å²) in [6, 6.07) is 157. The Morgan fingerprint density at radius 1 is 0.173 bits per heavy atom. The second-order valence-electron chi connectivity index (χ2n) is 28.6. The zero-order chi connectivity index (χ0) is 72.6. The number of rotatable bonds is 14. The minimum Gasteiger partial charge on any atom is -0.309 e. The van der Waals surface area contributed by atoms with E-state index in [4.69, 9.17) is 0 Å². The first-order chi connectivity index (χ1) is 54.6. The Morgan fingerprint density at radius 2 is 0.555 bits per heavy atom. The number of para-hydroxylation sites is 7. The zero-order valence-electron chi connectivity index (χ0n) is 60.2. The van der Waals surface area contributed by atoms with Crippen LogP contribution in [0.2, 0.25) is 0 Å². The second-order valence-corrected chi connectivity index (χ2v) is 28.6. The molecule has 0 saturated heterocycles. The molecule has 0 bridgehead atoms. The molecule has 0 aliphatic heterocycles. The van der Waals surface area contributed by atoms with Gasteiger partial charge in [0.2, 0.25) is 0 Å². The largest absolute Gasteiger partial charge is 0.309 e. The molecular weight excluding hydrogens is 1330 g/mol. The van der Waals surface area contributed by atoms with Gasteiger partial charge in [-0.2, -0.15) is 0 Å². The molecule has 0 aliphatic carbocycles. The minimum absolute atomic E-state index is 1.06. The summed E-state index contributed by atoms with van der Waals surface area (Å²) in [5.41, 5.74) is 27.2. The highest BCUT2D eigenvalue weighted by atomic mass is 15.2. The maximum Gasteiger partial charge on any atom is 0.0782 e. The molecule has 110 heavy (non-hydrogen) atoms. The Kier molecular flexibility index (Phi) is 15.5. The van der Waals surface area contributed by atoms with E-state index in [1.807, 2.05) is 0 Å². The molecule has 0 N–H and O–H groups in total. The van der Waals surface area contributed by atoms with Gasteiger partial charge < -0.3 is 18.9 Å². The maximum atomic E-state index is 2.51. The summed E-state index contributed by atoms with van der Waals surface area (Å²) in [7, 11) is 0. The monoisotopic (exact) mass is 1400 g/mol. The van der Waals surface area contributed by atoms with Gasteiger partial charge in [0.15, 0.2) is 0 Å². The predicted octanol–water partition coefficient (Wildman–Crippen LogP) is 29.4. The summed E-state index contributed by atoms with van der Waals surface area (Å²) in [4.78, 5) is 5.00. The van der Waals surface area contributed by atoms with Crippen molar-refractivity contribution >= 4 is 121 Å². The van der Waals surface area contributed by atoms with Crippen molar-refractivity contribution in [2.24, 2.45) is 0 Å². The summed E-state index contributed by atoms with van der Waals surface area (Å²) in [5, 5.41) is 14.3. The Labute approximate surface area is 638 Å². The van der Waals surface area contributed by atoms with Crippen LogP contribution in [0.5, 0.6) is 0 Å². The third-order valence-corrected chi connectivity index (χ3v) is 22.4. The van der Waals surface area contributed by atoms with Crippen molar-refractivity contribution in [3.05, 3.63) is 425 Å². The average Bonchev–Trinajstić information content (AvgIpc) is 1.03. The van der Waals surface area contributed by atoms with Crippen LogP contribution < -0.4 is 9.80 Å². The lowest BCUT2D eigenvalue weighted by Gasteiger charge is -2.30. The molecule has 2 aromatic heterocycles. The van der Waals surface area contributed by atoms with Gasteiger partial charge in [-0.05, 0) is 196 Å². The fourth-order valence-corrected chi connectivity index (χ4v) is 17.5. The Balaban J connectivity index is 0.680. The Morgan fingerprint density at radius 3 is 1.19 bits per heavy atom. The van der Waals surface area contributed by atoms with Gasteiger partial charge in [-0.15, -0.1) is 0 Å². The first-order valence-corrected chi connectivity index (χ1v) is 37.9. The molecule has 0 saturated carbocycles. The van der Waals surface area contributed by atoms with Crippen LogP contribution in [0.1, 0.15) is 0 Å². The van der Waals surface area contributed by atoms with Gasteiger partial charge in [-0.25, -0.2) is 0 Å². The van der Waals surface area contributed by atoms with Crippen molar-refractivity contribution in [2.45, 2.75) is 0 Å². The zero-order valence-corrected chi connectivity index (χ0v) is 60.2. The number of nitrogens with zero attached hydrogens (tertiary/aromatic N) is 4. The van der Waals surface area contributed by atoms with Gasteiger partial charge in [0.25, 0.3) is 0 Å². The van der Waals surface area contributed by atoms with Crippen LogP contribution >= 0.6 is 0 Å². The summed E-state index contributed by atoms with van der Waals surface area (Å²) in [6.07, 6.45) is 0. The highest BCUT2D eigenvalue weighted by Crippen LogP contribution is 2.52. The van der Waals surface area contributed by atoms with Crippen molar-refractivity contribution in [3.63, 3.8) is 0 Å². The molecule has 0 atom stereocenters. The fourth-order valence-electron chi connectivity index (χ4n) is 17.5. The molecule has 0 amide bonds. The molecule has 0 radical (unpaired) electrons. The molecule has 0 spiro atoms. The molecule has 21 rings (SSSR count). The van der Waals surface area contributed by atoms with Crippen molar-refractivity contribution in [1.29, 1.82) is 0 Å². The van der Waals surface area contributed by atoms with E-state index < -0.39 is 0 Å². The molecule has 514 valence electrons. The summed E-state index contributed by atoms with van der Waals surface area (Å²) >= 11 is 0. The lowest BCUT2D eigenvalue weighted by Crippen LogP contribution is -2.13. The smallest absolute Gasteiger partial charge is 0.0782 e. The van der Waals surface area contributed by atoms with Gasteiger partial charge in [0.05, 0.1) is 44.8 Å². The average molecular weight is 1400 g/mol. The third-order valence-electron chi connectivity index (χ3n) is 22.4. The van der Waals surface area contributed by atoms with Crippen LogP contribution in [0.4, 0.5) is 34.1 Å². The van der Waals surface area contributed by atoms with Gasteiger partial charge in [0.1, 0.15) is 0 Å². The number of anilines is 6. The number of benzene rings is 19. The molecule has 0 aliphatic rings. The molecule has 2 heterocycles. The lowest BCUT2D eigenvalue weighted by molar-refractivity contribution is 1.17. The number of fused-ring (bicyclic) bond motifs is 10. The first kappa shape index (κ1) is 63.9. The van der Waals surface area contributed by atoms with E-state index in [0.29, 0.717) is 0 Å². The second kappa shape index (κ2) is 26.8. The normalized spacial score (nSPS) is 11.6. The van der Waals surface area contributed by atoms with Crippen LogP contribution in [0.25, 0.3) is 165 Å². The molecular formula is C106H70N4. The first-order valence-electron chi connectivity index (χ1n) is 37.9. The molecule has 0 fully saturated rings. The maximum absolute atomic E-state index is 2.51. The Hall–Kier alpha value is -14.6. The lowest BCUT2D eigenvalue weighted by atomic mass is 9.90. The van der Waals surface area contributed by atoms with Crippen LogP contribution in [-0.2, 0) is 0 Å². The van der Waals surface area contributed by atoms with E-state index in [0.717, 1.165) is 112 Å². The van der Waals surface area contributed by atoms with Crippen molar-refractivity contribution in [3.8, 4) is 78.1 Å². The number of hydrogen-bond donors (Lipinski definition) is 0. The van der Waals surface area contributed by atoms with E-state index in [1.54, 1.807) is 0 Å². The summed E-state index contributed by atoms with van der Waals surface area (Å²) in [5.74, 6) is 0. The highest BCUT2D eigenvalue weighted by molar-refractivity contribution is 6.17. The molecule has 21 aromatic rings. The quantitative estimate of drug-likeness (QED) is 0.108. The van der Waals surface area contributed by atoms with Gasteiger partial charge in [-0.1, -0.05) is 322 Å². The van der Waals surface area contributed by atoms with Gasteiger partial charge in [-0.3, -0.25) is 0 Å². The van der Waals surface area contributed by atoms with E-state index in [-0.39, 0.29) is 0 Å². The van der Waals surface area contributed by atoms with Crippen LogP contribution in [-0.4, -0.2) is 9.13 Å². The van der Waals surface area contributed by atoms with Crippen LogP contribution in [0.3, 0.4) is 0 Å². The topological polar surface area (TPSA) is 16.3 Å². The molecule has 19 aromatic carbocycles. The standard InChI is InChI=1S/C106H70N4/c1-4-29-72(30-5-1)87-47-23-34-74-36-25-49-93(104(74)87)89-43-13-18-53-98(89)108(84-63-60-71-28-10-11-33-76(71)67-84)97-52-17-12-42-86(97)81-62-65-102-96(70-81)92-46-16-20-55-100(92)107(102)83-41-22-38-77(68-83)78-58-59-80-69-85(64-61-79(80)66-78)109(103-57-27-51-95-91-45-15-21-56-101(91)110(106(95)103)82-39-8-3-9-40-82)99-54-19-14-44-90(99)94-50-26-37-75-35-24-48-88(105(75)94)73-31-6-2-7-32-73/h1-70H. The van der Waals surface area contributed by atoms with E-state index in [2.05, 4.69) is 444 Å². The van der Waals surface area contributed by atoms with Crippen molar-refractivity contribution in [1.82, 2.24) is 9.13 Å². The Bertz CT molecular complexity index is 7160. The molecule has 4 heteroatoms. The van der Waals surface area contributed by atoms with E-state index in [1.165, 1.54) is 87.2 Å². The summed E-state index contributed by atoms with van der Waals surface area (Å²) in [6.45, 7) is 0. The molecule has 0 unspecified atom stereocenters. The van der Waals surface area contributed by atoms with E-state index >= 15 is 0 Å². The van der Waals surface area contributed by atoms with Crippen molar-refractivity contribution in [2.75, 3.05) is 9.80 Å². The number of hydrogen-bond acceptors (Lipinski definition) is 2. The fraction of sp³-hybridized carbons (Fsp3) is 0. The minimum atomic E-state index is 1.06. The third kappa shape index (κ3) is 10.8. The van der Waals surface area contributed by atoms with Crippen LogP contribution in [0, 0.1) is 0 Å².